The standard InChI is InChI=1S/C21H27NO/c1-5-9-19(16-10-7-6-8-11-16)20(23)22-18-14-12-17(13-15-18)21(2,3)4/h6-8,10-15,19H,5,9H2,1-4H3,(H,22,23)/t19-/m1/s1. The van der Waals surface area contributed by atoms with Crippen LogP contribution < -0.4 is 5.32 Å². The number of carbonyl (C=O) groups excluding carboxylic acids is 1. The van der Waals surface area contributed by atoms with Gasteiger partial charge in [-0.3, -0.25) is 4.79 Å². The fourth-order valence-electron chi connectivity index (χ4n) is 2.71. The van der Waals surface area contributed by atoms with Crippen molar-refractivity contribution in [3.8, 4) is 0 Å². The molecule has 0 fully saturated rings. The lowest BCUT2D eigenvalue weighted by Gasteiger charge is -2.20. The number of anilines is 1. The first-order valence-electron chi connectivity index (χ1n) is 8.38. The lowest BCUT2D eigenvalue weighted by molar-refractivity contribution is -0.117. The van der Waals surface area contributed by atoms with E-state index in [1.165, 1.54) is 5.56 Å². The van der Waals surface area contributed by atoms with E-state index in [4.69, 9.17) is 0 Å². The van der Waals surface area contributed by atoms with E-state index in [0.29, 0.717) is 0 Å². The van der Waals surface area contributed by atoms with Crippen LogP contribution in [-0.4, -0.2) is 5.91 Å². The zero-order chi connectivity index (χ0) is 16.9. The molecule has 0 spiro atoms. The lowest BCUT2D eigenvalue weighted by atomic mass is 9.87. The molecule has 0 aliphatic heterocycles. The Morgan fingerprint density at radius 1 is 1.00 bits per heavy atom. The van der Waals surface area contributed by atoms with Gasteiger partial charge in [-0.05, 0) is 35.1 Å². The molecule has 2 aromatic rings. The highest BCUT2D eigenvalue weighted by molar-refractivity contribution is 5.95. The Labute approximate surface area is 139 Å². The van der Waals surface area contributed by atoms with Gasteiger partial charge in [-0.1, -0.05) is 76.6 Å². The molecule has 23 heavy (non-hydrogen) atoms. The predicted molar refractivity (Wildman–Crippen MR) is 97.9 cm³/mol. The highest BCUT2D eigenvalue weighted by Crippen LogP contribution is 2.26. The minimum atomic E-state index is -0.0940. The molecule has 2 heteroatoms. The molecule has 0 aliphatic rings. The molecule has 122 valence electrons. The summed E-state index contributed by atoms with van der Waals surface area (Å²) < 4.78 is 0. The van der Waals surface area contributed by atoms with Crippen molar-refractivity contribution in [3.05, 3.63) is 65.7 Å². The molecule has 0 radical (unpaired) electrons. The first kappa shape index (κ1) is 17.3. The minimum Gasteiger partial charge on any atom is -0.326 e. The van der Waals surface area contributed by atoms with Gasteiger partial charge < -0.3 is 5.32 Å². The second-order valence-corrected chi connectivity index (χ2v) is 7.07. The van der Waals surface area contributed by atoms with E-state index in [1.807, 2.05) is 42.5 Å². The Morgan fingerprint density at radius 2 is 1.61 bits per heavy atom. The molecule has 1 amide bonds. The van der Waals surface area contributed by atoms with Gasteiger partial charge in [0.2, 0.25) is 5.91 Å². The Hall–Kier alpha value is -2.09. The highest BCUT2D eigenvalue weighted by atomic mass is 16.1. The third kappa shape index (κ3) is 4.69. The third-order valence-electron chi connectivity index (χ3n) is 4.11. The van der Waals surface area contributed by atoms with E-state index in [0.717, 1.165) is 24.1 Å². The van der Waals surface area contributed by atoms with Crippen LogP contribution >= 0.6 is 0 Å². The zero-order valence-electron chi connectivity index (χ0n) is 14.6. The minimum absolute atomic E-state index is 0.0709. The molecule has 0 saturated carbocycles. The SMILES string of the molecule is CCC[C@@H](C(=O)Nc1ccc(C(C)(C)C)cc1)c1ccccc1. The second-order valence-electron chi connectivity index (χ2n) is 7.07. The molecule has 2 rings (SSSR count). The number of hydrogen-bond acceptors (Lipinski definition) is 1. The maximum Gasteiger partial charge on any atom is 0.231 e. The molecule has 0 aromatic heterocycles. The summed E-state index contributed by atoms with van der Waals surface area (Å²) in [5.41, 5.74) is 3.33. The van der Waals surface area contributed by atoms with E-state index in [1.54, 1.807) is 0 Å². The van der Waals surface area contributed by atoms with Crippen molar-refractivity contribution >= 4 is 11.6 Å². The fraction of sp³-hybridized carbons (Fsp3) is 0.381. The van der Waals surface area contributed by atoms with Gasteiger partial charge in [0.25, 0.3) is 0 Å². The topological polar surface area (TPSA) is 29.1 Å². The predicted octanol–water partition coefficient (Wildman–Crippen LogP) is 5.51. The number of amides is 1. The van der Waals surface area contributed by atoms with Gasteiger partial charge in [0, 0.05) is 5.69 Å². The summed E-state index contributed by atoms with van der Waals surface area (Å²) >= 11 is 0. The van der Waals surface area contributed by atoms with Crippen molar-refractivity contribution in [3.63, 3.8) is 0 Å². The van der Waals surface area contributed by atoms with Crippen LogP contribution in [-0.2, 0) is 10.2 Å². The monoisotopic (exact) mass is 309 g/mol. The van der Waals surface area contributed by atoms with E-state index in [-0.39, 0.29) is 17.2 Å². The molecule has 0 heterocycles. The van der Waals surface area contributed by atoms with Crippen LogP contribution in [0.2, 0.25) is 0 Å². The van der Waals surface area contributed by atoms with Gasteiger partial charge >= 0.3 is 0 Å². The van der Waals surface area contributed by atoms with Gasteiger partial charge in [0.1, 0.15) is 0 Å². The van der Waals surface area contributed by atoms with Crippen LogP contribution in [0.15, 0.2) is 54.6 Å². The Morgan fingerprint density at radius 3 is 2.13 bits per heavy atom. The zero-order valence-corrected chi connectivity index (χ0v) is 14.6. The van der Waals surface area contributed by atoms with E-state index < -0.39 is 0 Å². The Kier molecular flexibility index (Phi) is 5.59. The number of rotatable bonds is 5. The Bertz CT molecular complexity index is 623. The molecule has 2 aromatic carbocycles. The van der Waals surface area contributed by atoms with Crippen LogP contribution in [0.4, 0.5) is 5.69 Å². The largest absolute Gasteiger partial charge is 0.326 e. The quantitative estimate of drug-likeness (QED) is 0.775. The molecule has 0 aliphatic carbocycles. The molecule has 1 atom stereocenters. The summed E-state index contributed by atoms with van der Waals surface area (Å²) in [5, 5.41) is 3.07. The van der Waals surface area contributed by atoms with Gasteiger partial charge in [0.15, 0.2) is 0 Å². The lowest BCUT2D eigenvalue weighted by Crippen LogP contribution is -2.21. The number of benzene rings is 2. The molecule has 2 nitrogen and oxygen atoms in total. The second kappa shape index (κ2) is 7.45. The van der Waals surface area contributed by atoms with Gasteiger partial charge in [0.05, 0.1) is 5.92 Å². The van der Waals surface area contributed by atoms with Crippen LogP contribution in [0.25, 0.3) is 0 Å². The smallest absolute Gasteiger partial charge is 0.231 e. The van der Waals surface area contributed by atoms with Crippen molar-refractivity contribution in [1.82, 2.24) is 0 Å². The van der Waals surface area contributed by atoms with Gasteiger partial charge in [-0.2, -0.15) is 0 Å². The highest BCUT2D eigenvalue weighted by Gasteiger charge is 2.20. The number of nitrogens with one attached hydrogen (secondary N) is 1. The molecule has 0 bridgehead atoms. The molecular weight excluding hydrogens is 282 g/mol. The molecule has 1 N–H and O–H groups in total. The maximum atomic E-state index is 12.7. The van der Waals surface area contributed by atoms with Crippen molar-refractivity contribution in [2.45, 2.75) is 51.9 Å². The van der Waals surface area contributed by atoms with Gasteiger partial charge in [-0.15, -0.1) is 0 Å². The van der Waals surface area contributed by atoms with Crippen LogP contribution in [0.5, 0.6) is 0 Å². The van der Waals surface area contributed by atoms with Crippen molar-refractivity contribution in [1.29, 1.82) is 0 Å². The third-order valence-corrected chi connectivity index (χ3v) is 4.11. The normalized spacial score (nSPS) is 12.7. The summed E-state index contributed by atoms with van der Waals surface area (Å²) in [6.07, 6.45) is 1.84. The van der Waals surface area contributed by atoms with Crippen molar-refractivity contribution < 1.29 is 4.79 Å². The molecule has 0 saturated heterocycles. The number of hydrogen-bond donors (Lipinski definition) is 1. The fourth-order valence-corrected chi connectivity index (χ4v) is 2.71. The maximum absolute atomic E-state index is 12.7. The first-order valence-corrected chi connectivity index (χ1v) is 8.38. The van der Waals surface area contributed by atoms with Crippen LogP contribution in [0.3, 0.4) is 0 Å². The van der Waals surface area contributed by atoms with Crippen LogP contribution in [0, 0.1) is 0 Å². The average Bonchev–Trinajstić information content (AvgIpc) is 2.53. The van der Waals surface area contributed by atoms with E-state index >= 15 is 0 Å². The van der Waals surface area contributed by atoms with Crippen molar-refractivity contribution in [2.75, 3.05) is 5.32 Å². The van der Waals surface area contributed by atoms with E-state index in [9.17, 15) is 4.79 Å². The summed E-state index contributed by atoms with van der Waals surface area (Å²) in [4.78, 5) is 12.7. The summed E-state index contributed by atoms with van der Waals surface area (Å²) in [6, 6.07) is 18.2. The molecular formula is C21H27NO. The average molecular weight is 309 g/mol. The summed E-state index contributed by atoms with van der Waals surface area (Å²) in [5.74, 6) is -0.0231. The van der Waals surface area contributed by atoms with E-state index in [2.05, 4.69) is 45.1 Å². The Balaban J connectivity index is 2.13. The van der Waals surface area contributed by atoms with Gasteiger partial charge in [-0.25, -0.2) is 0 Å². The molecule has 0 unspecified atom stereocenters. The summed E-state index contributed by atoms with van der Waals surface area (Å²) in [7, 11) is 0. The first-order chi connectivity index (χ1) is 10.9. The number of carbonyl (C=O) groups is 1. The van der Waals surface area contributed by atoms with Crippen molar-refractivity contribution in [2.24, 2.45) is 0 Å². The van der Waals surface area contributed by atoms with Crippen LogP contribution in [0.1, 0.15) is 57.6 Å². The summed E-state index contributed by atoms with van der Waals surface area (Å²) in [6.45, 7) is 8.68.